The van der Waals surface area contributed by atoms with Gasteiger partial charge < -0.3 is 10.1 Å². The van der Waals surface area contributed by atoms with Crippen molar-refractivity contribution >= 4 is 5.97 Å². The first-order valence-corrected chi connectivity index (χ1v) is 7.16. The van der Waals surface area contributed by atoms with Gasteiger partial charge in [-0.05, 0) is 36.9 Å². The van der Waals surface area contributed by atoms with Gasteiger partial charge in [-0.1, -0.05) is 38.1 Å². The Labute approximate surface area is 115 Å². The molecule has 0 spiro atoms. The molecule has 0 aromatic heterocycles. The van der Waals surface area contributed by atoms with Gasteiger partial charge in [0.15, 0.2) is 0 Å². The molecule has 3 nitrogen and oxygen atoms in total. The summed E-state index contributed by atoms with van der Waals surface area (Å²) >= 11 is 0. The standard InChI is InChI=1S/C16H23NO2/c1-3-16(9-10-16)15(18)19-12-14-7-5-13(6-8-14)11-17-4-2/h5-8,17H,3-4,9-12H2,1-2H3. The molecule has 0 unspecified atom stereocenters. The smallest absolute Gasteiger partial charge is 0.312 e. The molecule has 0 aliphatic heterocycles. The van der Waals surface area contributed by atoms with Crippen LogP contribution in [0.3, 0.4) is 0 Å². The Morgan fingerprint density at radius 2 is 1.84 bits per heavy atom. The fourth-order valence-corrected chi connectivity index (χ4v) is 2.18. The van der Waals surface area contributed by atoms with E-state index >= 15 is 0 Å². The first kappa shape index (κ1) is 14.1. The zero-order valence-electron chi connectivity index (χ0n) is 11.9. The predicted molar refractivity (Wildman–Crippen MR) is 75.6 cm³/mol. The number of rotatable bonds is 7. The van der Waals surface area contributed by atoms with Gasteiger partial charge in [-0.3, -0.25) is 4.79 Å². The highest BCUT2D eigenvalue weighted by molar-refractivity contribution is 5.79. The highest BCUT2D eigenvalue weighted by Gasteiger charge is 2.49. The average molecular weight is 261 g/mol. The van der Waals surface area contributed by atoms with Crippen LogP contribution >= 0.6 is 0 Å². The molecule has 1 aromatic rings. The number of ether oxygens (including phenoxy) is 1. The van der Waals surface area contributed by atoms with Crippen molar-refractivity contribution in [2.75, 3.05) is 6.54 Å². The molecule has 3 heteroatoms. The molecule has 19 heavy (non-hydrogen) atoms. The van der Waals surface area contributed by atoms with Crippen LogP contribution in [0.4, 0.5) is 0 Å². The lowest BCUT2D eigenvalue weighted by Crippen LogP contribution is -2.18. The van der Waals surface area contributed by atoms with Crippen molar-refractivity contribution in [3.8, 4) is 0 Å². The molecule has 0 amide bonds. The van der Waals surface area contributed by atoms with E-state index < -0.39 is 0 Å². The van der Waals surface area contributed by atoms with E-state index in [2.05, 4.69) is 31.3 Å². The van der Waals surface area contributed by atoms with Gasteiger partial charge in [-0.2, -0.15) is 0 Å². The first-order valence-electron chi connectivity index (χ1n) is 7.16. The summed E-state index contributed by atoms with van der Waals surface area (Å²) < 4.78 is 5.41. The molecular formula is C16H23NO2. The third-order valence-corrected chi connectivity index (χ3v) is 3.94. The maximum absolute atomic E-state index is 11.9. The summed E-state index contributed by atoms with van der Waals surface area (Å²) in [4.78, 5) is 11.9. The molecule has 1 aliphatic rings. The van der Waals surface area contributed by atoms with E-state index in [1.54, 1.807) is 0 Å². The number of carbonyl (C=O) groups excluding carboxylic acids is 1. The molecule has 0 saturated heterocycles. The van der Waals surface area contributed by atoms with Gasteiger partial charge in [-0.15, -0.1) is 0 Å². The van der Waals surface area contributed by atoms with E-state index in [1.165, 1.54) is 5.56 Å². The third-order valence-electron chi connectivity index (χ3n) is 3.94. The predicted octanol–water partition coefficient (Wildman–Crippen LogP) is 3.03. The Hall–Kier alpha value is -1.35. The third kappa shape index (κ3) is 3.57. The zero-order chi connectivity index (χ0) is 13.7. The van der Waals surface area contributed by atoms with Crippen molar-refractivity contribution in [1.82, 2.24) is 5.32 Å². The molecule has 1 aromatic carbocycles. The molecule has 104 valence electrons. The van der Waals surface area contributed by atoms with E-state index in [4.69, 9.17) is 4.74 Å². The quantitative estimate of drug-likeness (QED) is 0.767. The van der Waals surface area contributed by atoms with Crippen LogP contribution in [-0.2, 0) is 22.7 Å². The van der Waals surface area contributed by atoms with Gasteiger partial charge in [0, 0.05) is 6.54 Å². The summed E-state index contributed by atoms with van der Waals surface area (Å²) in [5.74, 6) is -0.0215. The van der Waals surface area contributed by atoms with Crippen LogP contribution in [0.5, 0.6) is 0 Å². The Morgan fingerprint density at radius 1 is 1.21 bits per heavy atom. The highest BCUT2D eigenvalue weighted by Crippen LogP contribution is 2.49. The lowest BCUT2D eigenvalue weighted by atomic mass is 10.0. The summed E-state index contributed by atoms with van der Waals surface area (Å²) in [7, 11) is 0. The number of benzene rings is 1. The van der Waals surface area contributed by atoms with Crippen LogP contribution in [0.2, 0.25) is 0 Å². The molecule has 0 heterocycles. The zero-order valence-corrected chi connectivity index (χ0v) is 11.9. The van der Waals surface area contributed by atoms with Crippen molar-refractivity contribution in [3.63, 3.8) is 0 Å². The van der Waals surface area contributed by atoms with Crippen LogP contribution in [-0.4, -0.2) is 12.5 Å². The van der Waals surface area contributed by atoms with Gasteiger partial charge in [0.2, 0.25) is 0 Å². The summed E-state index contributed by atoms with van der Waals surface area (Å²) in [6.07, 6.45) is 2.88. The van der Waals surface area contributed by atoms with E-state index in [-0.39, 0.29) is 11.4 Å². The Balaban J connectivity index is 1.81. The lowest BCUT2D eigenvalue weighted by molar-refractivity contribution is -0.151. The summed E-state index contributed by atoms with van der Waals surface area (Å²) in [6.45, 7) is 6.40. The lowest BCUT2D eigenvalue weighted by Gasteiger charge is -2.12. The number of hydrogen-bond donors (Lipinski definition) is 1. The van der Waals surface area contributed by atoms with E-state index in [0.29, 0.717) is 6.61 Å². The second-order valence-electron chi connectivity index (χ2n) is 5.31. The monoisotopic (exact) mass is 261 g/mol. The van der Waals surface area contributed by atoms with Gasteiger partial charge in [0.25, 0.3) is 0 Å². The minimum Gasteiger partial charge on any atom is -0.460 e. The van der Waals surface area contributed by atoms with Crippen LogP contribution < -0.4 is 5.32 Å². The first-order chi connectivity index (χ1) is 9.20. The topological polar surface area (TPSA) is 38.3 Å². The van der Waals surface area contributed by atoms with Crippen LogP contribution in [0.1, 0.15) is 44.2 Å². The minimum absolute atomic E-state index is 0.0215. The molecule has 1 saturated carbocycles. The summed E-state index contributed by atoms with van der Waals surface area (Å²) in [5, 5.41) is 3.28. The van der Waals surface area contributed by atoms with E-state index in [9.17, 15) is 4.79 Å². The van der Waals surface area contributed by atoms with Crippen molar-refractivity contribution in [3.05, 3.63) is 35.4 Å². The van der Waals surface area contributed by atoms with Crippen molar-refractivity contribution < 1.29 is 9.53 Å². The van der Waals surface area contributed by atoms with Gasteiger partial charge in [-0.25, -0.2) is 0 Å². The molecule has 2 rings (SSSR count). The fourth-order valence-electron chi connectivity index (χ4n) is 2.18. The molecule has 0 atom stereocenters. The minimum atomic E-state index is -0.148. The van der Waals surface area contributed by atoms with Crippen LogP contribution in [0.25, 0.3) is 0 Å². The van der Waals surface area contributed by atoms with Gasteiger partial charge >= 0.3 is 5.97 Å². The maximum Gasteiger partial charge on any atom is 0.312 e. The molecule has 1 aliphatic carbocycles. The molecule has 1 fully saturated rings. The largest absolute Gasteiger partial charge is 0.460 e. The molecule has 0 bridgehead atoms. The number of esters is 1. The summed E-state index contributed by atoms with van der Waals surface area (Å²) in [6, 6.07) is 8.23. The van der Waals surface area contributed by atoms with Gasteiger partial charge in [0.05, 0.1) is 5.41 Å². The summed E-state index contributed by atoms with van der Waals surface area (Å²) in [5.41, 5.74) is 2.16. The SMILES string of the molecule is CCNCc1ccc(COC(=O)C2(CC)CC2)cc1. The Morgan fingerprint density at radius 3 is 2.37 bits per heavy atom. The van der Waals surface area contributed by atoms with Crippen LogP contribution in [0.15, 0.2) is 24.3 Å². The molecular weight excluding hydrogens is 238 g/mol. The number of carbonyl (C=O) groups is 1. The average Bonchev–Trinajstić information content (AvgIpc) is 3.25. The molecule has 0 radical (unpaired) electrons. The van der Waals surface area contributed by atoms with E-state index in [1.807, 2.05) is 12.1 Å². The normalized spacial score (nSPS) is 16.1. The highest BCUT2D eigenvalue weighted by atomic mass is 16.5. The van der Waals surface area contributed by atoms with Crippen molar-refractivity contribution in [2.45, 2.75) is 46.3 Å². The molecule has 1 N–H and O–H groups in total. The van der Waals surface area contributed by atoms with Crippen LogP contribution in [0, 0.1) is 5.41 Å². The van der Waals surface area contributed by atoms with E-state index in [0.717, 1.165) is 37.9 Å². The second kappa shape index (κ2) is 6.20. The maximum atomic E-state index is 11.9. The van der Waals surface area contributed by atoms with Crippen molar-refractivity contribution in [1.29, 1.82) is 0 Å². The Bertz CT molecular complexity index is 421. The van der Waals surface area contributed by atoms with Crippen molar-refractivity contribution in [2.24, 2.45) is 5.41 Å². The Kier molecular flexibility index (Phi) is 4.59. The number of nitrogens with one attached hydrogen (secondary N) is 1. The second-order valence-corrected chi connectivity index (χ2v) is 5.31. The van der Waals surface area contributed by atoms with Gasteiger partial charge in [0.1, 0.15) is 6.61 Å². The fraction of sp³-hybridized carbons (Fsp3) is 0.562. The number of hydrogen-bond acceptors (Lipinski definition) is 3.